The maximum atomic E-state index is 12.8. The highest BCUT2D eigenvalue weighted by Gasteiger charge is 2.52. The zero-order chi connectivity index (χ0) is 21.1. The number of ether oxygens (including phenoxy) is 2. The van der Waals surface area contributed by atoms with Gasteiger partial charge in [0.05, 0.1) is 19.1 Å². The van der Waals surface area contributed by atoms with Crippen LogP contribution in [0.15, 0.2) is 48.5 Å². The van der Waals surface area contributed by atoms with E-state index in [4.69, 9.17) is 9.47 Å². The number of nitrogens with zero attached hydrogens (tertiary/aromatic N) is 2. The van der Waals surface area contributed by atoms with Crippen LogP contribution >= 0.6 is 11.5 Å². The number of aromatic nitrogens is 2. The summed E-state index contributed by atoms with van der Waals surface area (Å²) in [6.45, 7) is 2.18. The molecule has 0 aliphatic heterocycles. The number of hydrogen-bond donors (Lipinski definition) is 1. The molecule has 7 nitrogen and oxygen atoms in total. The van der Waals surface area contributed by atoms with E-state index in [-0.39, 0.29) is 11.9 Å². The smallest absolute Gasteiger partial charge is 0.316 e. The molecule has 0 unspecified atom stereocenters. The third-order valence-corrected chi connectivity index (χ3v) is 5.89. The van der Waals surface area contributed by atoms with Crippen LogP contribution in [-0.4, -0.2) is 35.2 Å². The molecule has 1 aromatic heterocycles. The van der Waals surface area contributed by atoms with Crippen molar-refractivity contribution in [2.75, 3.05) is 19.0 Å². The minimum Gasteiger partial charge on any atom is -0.497 e. The van der Waals surface area contributed by atoms with E-state index in [1.165, 1.54) is 0 Å². The van der Waals surface area contributed by atoms with E-state index in [1.807, 2.05) is 36.4 Å². The second kappa shape index (κ2) is 8.23. The molecular formula is C22H21N3O4S. The van der Waals surface area contributed by atoms with Gasteiger partial charge >= 0.3 is 5.97 Å². The fourth-order valence-electron chi connectivity index (χ4n) is 3.34. The van der Waals surface area contributed by atoms with Crippen LogP contribution in [0.3, 0.4) is 0 Å². The van der Waals surface area contributed by atoms with Crippen molar-refractivity contribution in [1.29, 1.82) is 0 Å². The van der Waals surface area contributed by atoms with E-state index in [0.717, 1.165) is 41.3 Å². The zero-order valence-electron chi connectivity index (χ0n) is 16.7. The van der Waals surface area contributed by atoms with Gasteiger partial charge in [-0.3, -0.25) is 9.59 Å². The Kier molecular flexibility index (Phi) is 5.50. The van der Waals surface area contributed by atoms with Crippen LogP contribution in [0, 0.1) is 0 Å². The molecule has 1 heterocycles. The van der Waals surface area contributed by atoms with Gasteiger partial charge in [0.25, 0.3) is 5.91 Å². The van der Waals surface area contributed by atoms with Crippen LogP contribution in [0.2, 0.25) is 0 Å². The third-order valence-electron chi connectivity index (χ3n) is 5.17. The van der Waals surface area contributed by atoms with Crippen molar-refractivity contribution in [2.24, 2.45) is 0 Å². The summed E-state index contributed by atoms with van der Waals surface area (Å²) in [7, 11) is 1.60. The molecule has 0 spiro atoms. The first-order valence-electron chi connectivity index (χ1n) is 9.63. The molecule has 3 aromatic rings. The summed E-state index contributed by atoms with van der Waals surface area (Å²) >= 11 is 1.04. The Balaban J connectivity index is 1.49. The average molecular weight is 423 g/mol. The molecular weight excluding hydrogens is 402 g/mol. The fraction of sp³-hybridized carbons (Fsp3) is 0.273. The SMILES string of the molecule is CCOC(=O)C1(c2ccc(NC(=O)c3snnc3-c3ccc(OC)cc3)cc2)CC1. The first-order valence-corrected chi connectivity index (χ1v) is 10.4. The lowest BCUT2D eigenvalue weighted by molar-refractivity contribution is -0.146. The summed E-state index contributed by atoms with van der Waals surface area (Å²) in [5, 5.41) is 6.99. The molecule has 2 aromatic carbocycles. The predicted molar refractivity (Wildman–Crippen MR) is 114 cm³/mol. The highest BCUT2D eigenvalue weighted by atomic mass is 32.1. The predicted octanol–water partition coefficient (Wildman–Crippen LogP) is 4.06. The minimum atomic E-state index is -0.526. The summed E-state index contributed by atoms with van der Waals surface area (Å²) < 4.78 is 14.3. The van der Waals surface area contributed by atoms with Crippen LogP contribution in [-0.2, 0) is 14.9 Å². The number of carbonyl (C=O) groups is 2. The Hall–Kier alpha value is -3.26. The van der Waals surface area contributed by atoms with Gasteiger partial charge in [-0.25, -0.2) is 0 Å². The van der Waals surface area contributed by atoms with Gasteiger partial charge in [0.2, 0.25) is 0 Å². The number of esters is 1. The first kappa shape index (κ1) is 20.0. The van der Waals surface area contributed by atoms with E-state index >= 15 is 0 Å². The van der Waals surface area contributed by atoms with Gasteiger partial charge in [0.15, 0.2) is 0 Å². The molecule has 1 amide bonds. The summed E-state index contributed by atoms with van der Waals surface area (Å²) in [5.41, 5.74) is 2.34. The molecule has 1 N–H and O–H groups in total. The van der Waals surface area contributed by atoms with E-state index in [9.17, 15) is 9.59 Å². The second-order valence-electron chi connectivity index (χ2n) is 7.01. The molecule has 30 heavy (non-hydrogen) atoms. The number of carbonyl (C=O) groups excluding carboxylic acids is 2. The highest BCUT2D eigenvalue weighted by Crippen LogP contribution is 2.49. The quantitative estimate of drug-likeness (QED) is 0.577. The number of amides is 1. The molecule has 0 atom stereocenters. The van der Waals surface area contributed by atoms with Crippen molar-refractivity contribution >= 4 is 29.1 Å². The van der Waals surface area contributed by atoms with Gasteiger partial charge < -0.3 is 14.8 Å². The fourth-order valence-corrected chi connectivity index (χ4v) is 3.93. The standard InChI is InChI=1S/C22H21N3O4S/c1-3-29-21(27)22(12-13-22)15-6-8-16(9-7-15)23-20(26)19-18(24-25-30-19)14-4-10-17(28-2)11-5-14/h4-11H,3,12-13H2,1-2H3,(H,23,26). The average Bonchev–Trinajstić information content (AvgIpc) is 3.44. The number of anilines is 1. The van der Waals surface area contributed by atoms with E-state index < -0.39 is 5.41 Å². The molecule has 1 aliphatic rings. The highest BCUT2D eigenvalue weighted by molar-refractivity contribution is 7.08. The van der Waals surface area contributed by atoms with Crippen LogP contribution in [0.25, 0.3) is 11.3 Å². The molecule has 1 fully saturated rings. The summed E-state index contributed by atoms with van der Waals surface area (Å²) in [4.78, 5) is 25.5. The molecule has 4 rings (SSSR count). The number of benzene rings is 2. The third kappa shape index (κ3) is 3.78. The van der Waals surface area contributed by atoms with Crippen LogP contribution in [0.5, 0.6) is 5.75 Å². The Morgan fingerprint density at radius 2 is 1.80 bits per heavy atom. The lowest BCUT2D eigenvalue weighted by Gasteiger charge is -2.14. The van der Waals surface area contributed by atoms with Crippen molar-refractivity contribution in [2.45, 2.75) is 25.2 Å². The Labute approximate surface area is 178 Å². The van der Waals surface area contributed by atoms with Gasteiger partial charge in [-0.05, 0) is 73.3 Å². The number of rotatable bonds is 7. The summed E-state index contributed by atoms with van der Waals surface area (Å²) in [5.74, 6) is 0.265. The van der Waals surface area contributed by atoms with Crippen molar-refractivity contribution < 1.29 is 19.1 Å². The monoisotopic (exact) mass is 423 g/mol. The van der Waals surface area contributed by atoms with Gasteiger partial charge in [0, 0.05) is 11.3 Å². The second-order valence-corrected chi connectivity index (χ2v) is 7.77. The number of nitrogens with one attached hydrogen (secondary N) is 1. The number of methoxy groups -OCH3 is 1. The molecule has 0 bridgehead atoms. The van der Waals surface area contributed by atoms with Crippen LogP contribution in [0.1, 0.15) is 35.0 Å². The lowest BCUT2D eigenvalue weighted by atomic mass is 9.96. The molecule has 0 saturated heterocycles. The molecule has 1 aliphatic carbocycles. The van der Waals surface area contributed by atoms with Crippen molar-refractivity contribution in [3.05, 3.63) is 59.0 Å². The van der Waals surface area contributed by atoms with Crippen LogP contribution < -0.4 is 10.1 Å². The molecule has 8 heteroatoms. The van der Waals surface area contributed by atoms with Crippen LogP contribution in [0.4, 0.5) is 5.69 Å². The van der Waals surface area contributed by atoms with E-state index in [0.29, 0.717) is 22.9 Å². The normalized spacial score (nSPS) is 14.1. The van der Waals surface area contributed by atoms with Gasteiger partial charge in [0.1, 0.15) is 16.3 Å². The largest absolute Gasteiger partial charge is 0.497 e. The van der Waals surface area contributed by atoms with Crippen molar-refractivity contribution in [3.8, 4) is 17.0 Å². The maximum Gasteiger partial charge on any atom is 0.316 e. The van der Waals surface area contributed by atoms with E-state index in [2.05, 4.69) is 14.9 Å². The van der Waals surface area contributed by atoms with Crippen molar-refractivity contribution in [3.63, 3.8) is 0 Å². The summed E-state index contributed by atoms with van der Waals surface area (Å²) in [6, 6.07) is 14.6. The van der Waals surface area contributed by atoms with Gasteiger partial charge in [-0.1, -0.05) is 16.6 Å². The van der Waals surface area contributed by atoms with Gasteiger partial charge in [-0.15, -0.1) is 5.10 Å². The molecule has 1 saturated carbocycles. The Morgan fingerprint density at radius 1 is 1.10 bits per heavy atom. The summed E-state index contributed by atoms with van der Waals surface area (Å²) in [6.07, 6.45) is 1.57. The topological polar surface area (TPSA) is 90.4 Å². The number of hydrogen-bond acceptors (Lipinski definition) is 7. The maximum absolute atomic E-state index is 12.8. The molecule has 154 valence electrons. The Morgan fingerprint density at radius 3 is 2.40 bits per heavy atom. The molecule has 0 radical (unpaired) electrons. The first-order chi connectivity index (χ1) is 14.6. The Bertz CT molecular complexity index is 1060. The zero-order valence-corrected chi connectivity index (χ0v) is 17.5. The van der Waals surface area contributed by atoms with E-state index in [1.54, 1.807) is 26.2 Å². The van der Waals surface area contributed by atoms with Gasteiger partial charge in [-0.2, -0.15) is 0 Å². The lowest BCUT2D eigenvalue weighted by Crippen LogP contribution is -2.23. The van der Waals surface area contributed by atoms with Crippen molar-refractivity contribution in [1.82, 2.24) is 9.59 Å². The minimum absolute atomic E-state index is 0.179.